The van der Waals surface area contributed by atoms with E-state index in [0.717, 1.165) is 28.1 Å². The Hall–Kier alpha value is -2.71. The number of carbonyl (C=O) groups excluding carboxylic acids is 2. The molecule has 1 N–H and O–H groups in total. The molecule has 0 saturated carbocycles. The Kier molecular flexibility index (Phi) is 6.33. The maximum atomic E-state index is 13.4. The zero-order chi connectivity index (χ0) is 23.9. The van der Waals surface area contributed by atoms with Gasteiger partial charge >= 0.3 is 0 Å². The largest absolute Gasteiger partial charge is 0.326 e. The molecule has 176 valence electrons. The molecule has 2 heterocycles. The third-order valence-electron chi connectivity index (χ3n) is 6.77. The maximum Gasteiger partial charge on any atom is 0.243 e. The predicted molar refractivity (Wildman–Crippen MR) is 129 cm³/mol. The number of aryl methyl sites for hydroxylation is 2. The third-order valence-corrected chi connectivity index (χ3v) is 8.63. The standard InChI is InChI=1S/C25H31N3O4S/c1-16-7-8-22(12-17(16)2)26-25(30)20-6-5-11-27(15-20)33(31,32)23-9-10-24-21(14-23)13-18(3)28(24)19(4)29/h7-10,12,14,18,20H,5-6,11,13,15H2,1-4H3,(H,26,30)/t18-,20-/m0/s1. The number of nitrogens with zero attached hydrogens (tertiary/aromatic N) is 2. The molecule has 8 heteroatoms. The van der Waals surface area contributed by atoms with Gasteiger partial charge in [-0.05, 0) is 87.1 Å². The molecule has 2 aromatic rings. The van der Waals surface area contributed by atoms with Gasteiger partial charge in [-0.15, -0.1) is 0 Å². The van der Waals surface area contributed by atoms with E-state index in [1.807, 2.05) is 39.0 Å². The Morgan fingerprint density at radius 3 is 2.52 bits per heavy atom. The topological polar surface area (TPSA) is 86.8 Å². The lowest BCUT2D eigenvalue weighted by atomic mass is 9.98. The summed E-state index contributed by atoms with van der Waals surface area (Å²) in [7, 11) is -3.74. The number of fused-ring (bicyclic) bond motifs is 1. The molecule has 7 nitrogen and oxygen atoms in total. The van der Waals surface area contributed by atoms with Crippen LogP contribution in [0.5, 0.6) is 0 Å². The zero-order valence-corrected chi connectivity index (χ0v) is 20.4. The van der Waals surface area contributed by atoms with Crippen LogP contribution in [-0.2, 0) is 26.0 Å². The summed E-state index contributed by atoms with van der Waals surface area (Å²) in [4.78, 5) is 26.8. The van der Waals surface area contributed by atoms with Gasteiger partial charge in [0.05, 0.1) is 10.8 Å². The van der Waals surface area contributed by atoms with E-state index in [4.69, 9.17) is 0 Å². The van der Waals surface area contributed by atoms with E-state index in [-0.39, 0.29) is 29.3 Å². The number of nitrogens with one attached hydrogen (secondary N) is 1. The number of hydrogen-bond acceptors (Lipinski definition) is 4. The lowest BCUT2D eigenvalue weighted by molar-refractivity contribution is -0.121. The number of anilines is 2. The van der Waals surface area contributed by atoms with Crippen LogP contribution in [0.1, 0.15) is 43.4 Å². The van der Waals surface area contributed by atoms with E-state index in [2.05, 4.69) is 5.32 Å². The van der Waals surface area contributed by atoms with E-state index in [9.17, 15) is 18.0 Å². The number of hydrogen-bond donors (Lipinski definition) is 1. The second kappa shape index (κ2) is 8.91. The van der Waals surface area contributed by atoms with Crippen LogP contribution in [0.15, 0.2) is 41.3 Å². The summed E-state index contributed by atoms with van der Waals surface area (Å²) in [6.45, 7) is 8.04. The SMILES string of the molecule is CC(=O)N1c2ccc(S(=O)(=O)N3CCC[C@H](C(=O)Nc4ccc(C)c(C)c4)C3)cc2C[C@@H]1C. The Morgan fingerprint density at radius 1 is 1.06 bits per heavy atom. The van der Waals surface area contributed by atoms with Crippen LogP contribution in [0.25, 0.3) is 0 Å². The van der Waals surface area contributed by atoms with Crippen molar-refractivity contribution in [3.8, 4) is 0 Å². The predicted octanol–water partition coefficient (Wildman–Crippen LogP) is 3.64. The first-order chi connectivity index (χ1) is 15.6. The van der Waals surface area contributed by atoms with Gasteiger partial charge in [0.1, 0.15) is 0 Å². The molecule has 2 aliphatic heterocycles. The minimum Gasteiger partial charge on any atom is -0.326 e. The van der Waals surface area contributed by atoms with Crippen molar-refractivity contribution in [2.24, 2.45) is 5.92 Å². The highest BCUT2D eigenvalue weighted by Gasteiger charge is 2.35. The molecular formula is C25H31N3O4S. The van der Waals surface area contributed by atoms with Crippen LogP contribution in [0.4, 0.5) is 11.4 Å². The molecule has 0 aliphatic carbocycles. The van der Waals surface area contributed by atoms with Crippen molar-refractivity contribution in [2.75, 3.05) is 23.3 Å². The molecule has 2 amide bonds. The molecular weight excluding hydrogens is 438 g/mol. The van der Waals surface area contributed by atoms with Gasteiger partial charge in [-0.25, -0.2) is 8.42 Å². The summed E-state index contributed by atoms with van der Waals surface area (Å²) in [6, 6.07) is 10.7. The van der Waals surface area contributed by atoms with Crippen LogP contribution in [0, 0.1) is 19.8 Å². The number of piperidine rings is 1. The van der Waals surface area contributed by atoms with Gasteiger partial charge < -0.3 is 10.2 Å². The Labute approximate surface area is 195 Å². The molecule has 2 aliphatic rings. The number of amides is 2. The molecule has 33 heavy (non-hydrogen) atoms. The smallest absolute Gasteiger partial charge is 0.243 e. The van der Waals surface area contributed by atoms with Gasteiger partial charge in [-0.2, -0.15) is 4.31 Å². The summed E-state index contributed by atoms with van der Waals surface area (Å²) < 4.78 is 28.2. The Morgan fingerprint density at radius 2 is 1.82 bits per heavy atom. The lowest BCUT2D eigenvalue weighted by Crippen LogP contribution is -2.43. The Balaban J connectivity index is 1.51. The fourth-order valence-corrected chi connectivity index (χ4v) is 6.41. The van der Waals surface area contributed by atoms with E-state index in [1.54, 1.807) is 23.1 Å². The number of rotatable bonds is 4. The summed E-state index contributed by atoms with van der Waals surface area (Å²) >= 11 is 0. The molecule has 1 saturated heterocycles. The van der Waals surface area contributed by atoms with Crippen LogP contribution < -0.4 is 10.2 Å². The van der Waals surface area contributed by atoms with Gasteiger partial charge in [0, 0.05) is 37.4 Å². The average molecular weight is 470 g/mol. The van der Waals surface area contributed by atoms with Crippen molar-refractivity contribution in [2.45, 2.75) is 57.9 Å². The molecule has 0 radical (unpaired) electrons. The molecule has 0 spiro atoms. The third kappa shape index (κ3) is 4.54. The van der Waals surface area contributed by atoms with Crippen LogP contribution in [0.2, 0.25) is 0 Å². The van der Waals surface area contributed by atoms with Crippen molar-refractivity contribution in [1.29, 1.82) is 0 Å². The number of sulfonamides is 1. The first-order valence-electron chi connectivity index (χ1n) is 11.4. The van der Waals surface area contributed by atoms with Crippen LogP contribution >= 0.6 is 0 Å². The first kappa shape index (κ1) is 23.4. The fourth-order valence-electron chi connectivity index (χ4n) is 4.84. The van der Waals surface area contributed by atoms with Gasteiger partial charge in [-0.3, -0.25) is 9.59 Å². The van der Waals surface area contributed by atoms with Gasteiger partial charge in [-0.1, -0.05) is 6.07 Å². The normalized spacial score (nSPS) is 21.0. The highest BCUT2D eigenvalue weighted by Crippen LogP contribution is 2.35. The molecule has 2 aromatic carbocycles. The zero-order valence-electron chi connectivity index (χ0n) is 19.6. The molecule has 4 rings (SSSR count). The minimum absolute atomic E-state index is 0.00364. The van der Waals surface area contributed by atoms with Gasteiger partial charge in [0.25, 0.3) is 0 Å². The van der Waals surface area contributed by atoms with Crippen molar-refractivity contribution in [1.82, 2.24) is 4.31 Å². The molecule has 0 bridgehead atoms. The quantitative estimate of drug-likeness (QED) is 0.741. The van der Waals surface area contributed by atoms with Crippen LogP contribution in [-0.4, -0.2) is 43.7 Å². The van der Waals surface area contributed by atoms with Gasteiger partial charge in [0.2, 0.25) is 21.8 Å². The fraction of sp³-hybridized carbons (Fsp3) is 0.440. The lowest BCUT2D eigenvalue weighted by Gasteiger charge is -2.31. The molecule has 1 fully saturated rings. The average Bonchev–Trinajstić information content (AvgIpc) is 3.11. The van der Waals surface area contributed by atoms with E-state index < -0.39 is 15.9 Å². The first-order valence-corrected chi connectivity index (χ1v) is 12.8. The van der Waals surface area contributed by atoms with E-state index >= 15 is 0 Å². The highest BCUT2D eigenvalue weighted by molar-refractivity contribution is 7.89. The van der Waals surface area contributed by atoms with Crippen molar-refractivity contribution in [3.63, 3.8) is 0 Å². The second-order valence-corrected chi connectivity index (χ2v) is 11.2. The van der Waals surface area contributed by atoms with Gasteiger partial charge in [0.15, 0.2) is 0 Å². The van der Waals surface area contributed by atoms with Crippen molar-refractivity contribution in [3.05, 3.63) is 53.1 Å². The molecule has 0 aromatic heterocycles. The summed E-state index contributed by atoms with van der Waals surface area (Å²) in [5.74, 6) is -0.610. The second-order valence-electron chi connectivity index (χ2n) is 9.22. The molecule has 2 atom stereocenters. The van der Waals surface area contributed by atoms with Crippen molar-refractivity contribution >= 4 is 33.2 Å². The monoisotopic (exact) mass is 469 g/mol. The number of carbonyl (C=O) groups is 2. The van der Waals surface area contributed by atoms with Crippen molar-refractivity contribution < 1.29 is 18.0 Å². The van der Waals surface area contributed by atoms with Crippen LogP contribution in [0.3, 0.4) is 0 Å². The summed E-state index contributed by atoms with van der Waals surface area (Å²) in [5, 5.41) is 2.95. The molecule has 0 unspecified atom stereocenters. The maximum absolute atomic E-state index is 13.4. The highest BCUT2D eigenvalue weighted by atomic mass is 32.2. The minimum atomic E-state index is -3.74. The van der Waals surface area contributed by atoms with E-state index in [1.165, 1.54) is 11.2 Å². The summed E-state index contributed by atoms with van der Waals surface area (Å²) in [6.07, 6.45) is 1.90. The number of benzene rings is 2. The van der Waals surface area contributed by atoms with E-state index in [0.29, 0.717) is 25.8 Å². The Bertz CT molecular complexity index is 1210. The summed E-state index contributed by atoms with van der Waals surface area (Å²) in [5.41, 5.74) is 4.61.